The first-order valence-corrected chi connectivity index (χ1v) is 4.55. The minimum Gasteiger partial charge on any atom is -0.204 e. The average molecular weight is 258 g/mol. The molecule has 1 rings (SSSR count). The Morgan fingerprint density at radius 3 is 2.64 bits per heavy atom. The topological polar surface area (TPSA) is 0 Å². The molecule has 11 heavy (non-hydrogen) atoms. The highest BCUT2D eigenvalue weighted by atomic mass is 79.9. The Balaban J connectivity index is 3.25. The Morgan fingerprint density at radius 1 is 1.45 bits per heavy atom. The van der Waals surface area contributed by atoms with E-state index in [2.05, 4.69) is 15.9 Å². The summed E-state index contributed by atoms with van der Waals surface area (Å²) in [6.45, 7) is 0. The van der Waals surface area contributed by atoms with Crippen molar-refractivity contribution in [3.8, 4) is 0 Å². The molecule has 0 heterocycles. The lowest BCUT2D eigenvalue weighted by atomic mass is 10.2. The minimum absolute atomic E-state index is 0.0920. The van der Waals surface area contributed by atoms with Crippen LogP contribution in [0.4, 0.5) is 4.39 Å². The predicted octanol–water partition coefficient (Wildman–Crippen LogP) is 3.98. The maximum absolute atomic E-state index is 12.9. The normalized spacial score (nSPS) is 10.2. The van der Waals surface area contributed by atoms with Gasteiger partial charge in [0.2, 0.25) is 0 Å². The van der Waals surface area contributed by atoms with Crippen molar-refractivity contribution >= 4 is 39.1 Å². The summed E-state index contributed by atoms with van der Waals surface area (Å²) in [6, 6.07) is 3.27. The maximum Gasteiger partial charge on any atom is 0.156 e. The number of hydrogen-bond acceptors (Lipinski definition) is 0. The number of hydrogen-bond donors (Lipinski definition) is 0. The highest BCUT2D eigenvalue weighted by Gasteiger charge is 2.08. The fourth-order valence-corrected chi connectivity index (χ4v) is 1.64. The largest absolute Gasteiger partial charge is 0.204 e. The number of halogens is 4. The molecule has 0 aliphatic rings. The van der Waals surface area contributed by atoms with Crippen molar-refractivity contribution < 1.29 is 4.39 Å². The predicted molar refractivity (Wildman–Crippen MR) is 48.7 cm³/mol. The summed E-state index contributed by atoms with van der Waals surface area (Å²) < 4.78 is 13.3. The molecule has 0 radical (unpaired) electrons. The van der Waals surface area contributed by atoms with Gasteiger partial charge in [-0.3, -0.25) is 0 Å². The molecule has 0 saturated heterocycles. The molecule has 0 unspecified atom stereocenters. The number of rotatable bonds is 1. The standard InChI is InChI=1S/C7H4BrCl2F/c8-5-2-1-4(3-9)6(10)7(5)11/h1-2H,3H2. The van der Waals surface area contributed by atoms with Crippen molar-refractivity contribution in [3.05, 3.63) is 33.0 Å². The molecule has 0 amide bonds. The molecule has 0 aliphatic heterocycles. The Hall–Kier alpha value is 0.210. The monoisotopic (exact) mass is 256 g/mol. The third kappa shape index (κ3) is 1.86. The highest BCUT2D eigenvalue weighted by molar-refractivity contribution is 9.10. The Bertz CT molecular complexity index is 275. The molecular weight excluding hydrogens is 254 g/mol. The van der Waals surface area contributed by atoms with E-state index in [0.717, 1.165) is 0 Å². The van der Waals surface area contributed by atoms with Crippen LogP contribution in [0.1, 0.15) is 5.56 Å². The van der Waals surface area contributed by atoms with E-state index >= 15 is 0 Å². The van der Waals surface area contributed by atoms with Crippen LogP contribution >= 0.6 is 39.1 Å². The second-order valence-corrected chi connectivity index (χ2v) is 3.47. The van der Waals surface area contributed by atoms with Gasteiger partial charge in [-0.2, -0.15) is 0 Å². The lowest BCUT2D eigenvalue weighted by molar-refractivity contribution is 0.620. The summed E-state index contributed by atoms with van der Waals surface area (Å²) in [4.78, 5) is 0. The van der Waals surface area contributed by atoms with Crippen LogP contribution in [-0.4, -0.2) is 0 Å². The van der Waals surface area contributed by atoms with Crippen LogP contribution in [0.3, 0.4) is 0 Å². The van der Waals surface area contributed by atoms with Crippen molar-refractivity contribution in [2.75, 3.05) is 0 Å². The van der Waals surface area contributed by atoms with Crippen LogP contribution in [-0.2, 0) is 5.88 Å². The van der Waals surface area contributed by atoms with Gasteiger partial charge in [0.1, 0.15) is 0 Å². The van der Waals surface area contributed by atoms with E-state index in [-0.39, 0.29) is 10.9 Å². The lowest BCUT2D eigenvalue weighted by Crippen LogP contribution is -1.85. The molecular formula is C7H4BrCl2F. The Labute approximate surface area is 82.4 Å². The van der Waals surface area contributed by atoms with Crippen molar-refractivity contribution in [2.45, 2.75) is 5.88 Å². The van der Waals surface area contributed by atoms with Crippen molar-refractivity contribution in [2.24, 2.45) is 0 Å². The molecule has 0 aromatic heterocycles. The zero-order chi connectivity index (χ0) is 8.43. The van der Waals surface area contributed by atoms with Gasteiger partial charge >= 0.3 is 0 Å². The quantitative estimate of drug-likeness (QED) is 0.527. The summed E-state index contributed by atoms with van der Waals surface area (Å²) in [5.41, 5.74) is 0.606. The zero-order valence-corrected chi connectivity index (χ0v) is 8.47. The second kappa shape index (κ2) is 3.74. The van der Waals surface area contributed by atoms with Gasteiger partial charge in [-0.1, -0.05) is 17.7 Å². The molecule has 0 aliphatic carbocycles. The van der Waals surface area contributed by atoms with Crippen LogP contribution in [0.2, 0.25) is 5.02 Å². The van der Waals surface area contributed by atoms with Gasteiger partial charge in [-0.25, -0.2) is 4.39 Å². The van der Waals surface area contributed by atoms with Gasteiger partial charge in [0.25, 0.3) is 0 Å². The van der Waals surface area contributed by atoms with E-state index in [9.17, 15) is 4.39 Å². The summed E-state index contributed by atoms with van der Waals surface area (Å²) in [5.74, 6) is -0.229. The number of alkyl halides is 1. The molecule has 1 aromatic rings. The van der Waals surface area contributed by atoms with Crippen LogP contribution in [0, 0.1) is 5.82 Å². The molecule has 0 bridgehead atoms. The molecule has 0 nitrogen and oxygen atoms in total. The van der Waals surface area contributed by atoms with Crippen LogP contribution < -0.4 is 0 Å². The van der Waals surface area contributed by atoms with Crippen LogP contribution in [0.5, 0.6) is 0 Å². The van der Waals surface area contributed by atoms with E-state index in [4.69, 9.17) is 23.2 Å². The fourth-order valence-electron chi connectivity index (χ4n) is 0.669. The van der Waals surface area contributed by atoms with Crippen molar-refractivity contribution in [1.29, 1.82) is 0 Å². The summed E-state index contributed by atoms with van der Waals surface area (Å²) in [7, 11) is 0. The Morgan fingerprint density at radius 2 is 2.09 bits per heavy atom. The fraction of sp³-hybridized carbons (Fsp3) is 0.143. The average Bonchev–Trinajstić information content (AvgIpc) is 2.01. The summed E-state index contributed by atoms with van der Waals surface area (Å²) in [5, 5.41) is 0.0920. The van der Waals surface area contributed by atoms with Gasteiger partial charge in [0.15, 0.2) is 5.82 Å². The first-order valence-electron chi connectivity index (χ1n) is 2.85. The van der Waals surface area contributed by atoms with E-state index in [1.165, 1.54) is 0 Å². The lowest BCUT2D eigenvalue weighted by Gasteiger charge is -2.01. The van der Waals surface area contributed by atoms with Gasteiger partial charge < -0.3 is 0 Å². The van der Waals surface area contributed by atoms with Crippen LogP contribution in [0.25, 0.3) is 0 Å². The highest BCUT2D eigenvalue weighted by Crippen LogP contribution is 2.27. The second-order valence-electron chi connectivity index (χ2n) is 1.97. The van der Waals surface area contributed by atoms with Gasteiger partial charge in [0.05, 0.1) is 9.50 Å². The van der Waals surface area contributed by atoms with E-state index in [1.54, 1.807) is 12.1 Å². The minimum atomic E-state index is -0.454. The van der Waals surface area contributed by atoms with E-state index in [1.807, 2.05) is 0 Å². The first kappa shape index (κ1) is 9.30. The van der Waals surface area contributed by atoms with Gasteiger partial charge in [-0.05, 0) is 27.6 Å². The molecule has 0 spiro atoms. The smallest absolute Gasteiger partial charge is 0.156 e. The molecule has 0 N–H and O–H groups in total. The van der Waals surface area contributed by atoms with Crippen molar-refractivity contribution in [1.82, 2.24) is 0 Å². The summed E-state index contributed by atoms with van der Waals surface area (Å²) in [6.07, 6.45) is 0. The molecule has 0 saturated carbocycles. The van der Waals surface area contributed by atoms with Crippen LogP contribution in [0.15, 0.2) is 16.6 Å². The molecule has 60 valence electrons. The third-order valence-corrected chi connectivity index (χ3v) is 2.57. The van der Waals surface area contributed by atoms with Crippen molar-refractivity contribution in [3.63, 3.8) is 0 Å². The van der Waals surface area contributed by atoms with Gasteiger partial charge in [0, 0.05) is 5.88 Å². The van der Waals surface area contributed by atoms with E-state index < -0.39 is 5.82 Å². The first-order chi connectivity index (χ1) is 5.16. The molecule has 4 heteroatoms. The Kier molecular flexibility index (Phi) is 3.16. The summed E-state index contributed by atoms with van der Waals surface area (Å²) >= 11 is 14.1. The maximum atomic E-state index is 12.9. The molecule has 0 atom stereocenters. The molecule has 1 aromatic carbocycles. The van der Waals surface area contributed by atoms with E-state index in [0.29, 0.717) is 10.0 Å². The SMILES string of the molecule is Fc1c(Br)ccc(CCl)c1Cl. The zero-order valence-electron chi connectivity index (χ0n) is 5.37. The third-order valence-electron chi connectivity index (χ3n) is 1.26. The number of benzene rings is 1. The molecule has 0 fully saturated rings. The van der Waals surface area contributed by atoms with Gasteiger partial charge in [-0.15, -0.1) is 11.6 Å².